The van der Waals surface area contributed by atoms with Gasteiger partial charge in [0.15, 0.2) is 0 Å². The molecule has 0 fully saturated rings. The molecule has 2 heterocycles. The van der Waals surface area contributed by atoms with E-state index in [0.717, 1.165) is 11.3 Å². The Hall–Kier alpha value is -1.88. The number of nitrogens with one attached hydrogen (secondary N) is 1. The van der Waals surface area contributed by atoms with Crippen LogP contribution in [0.3, 0.4) is 0 Å². The topological polar surface area (TPSA) is 55.6 Å². The second-order valence-electron chi connectivity index (χ2n) is 3.72. The van der Waals surface area contributed by atoms with Gasteiger partial charge in [-0.3, -0.25) is 9.20 Å². The minimum atomic E-state index is -0.127. The predicted molar refractivity (Wildman–Crippen MR) is 64.1 cm³/mol. The number of pyridine rings is 1. The van der Waals surface area contributed by atoms with Gasteiger partial charge < -0.3 is 10.1 Å². The van der Waals surface area contributed by atoms with Crippen molar-refractivity contribution in [2.75, 3.05) is 20.3 Å². The molecule has 0 saturated carbocycles. The lowest BCUT2D eigenvalue weighted by Gasteiger charge is -2.04. The number of aromatic nitrogens is 2. The maximum Gasteiger partial charge on any atom is 0.270 e. The fraction of sp³-hybridized carbons (Fsp3) is 0.333. The van der Waals surface area contributed by atoms with E-state index >= 15 is 0 Å². The first kappa shape index (κ1) is 11.6. The molecule has 1 N–H and O–H groups in total. The molecule has 0 aliphatic heterocycles. The summed E-state index contributed by atoms with van der Waals surface area (Å²) in [4.78, 5) is 16.3. The number of carbonyl (C=O) groups excluding carboxylic acids is 1. The molecule has 2 aromatic heterocycles. The average molecular weight is 233 g/mol. The highest BCUT2D eigenvalue weighted by Crippen LogP contribution is 2.11. The van der Waals surface area contributed by atoms with E-state index in [-0.39, 0.29) is 5.91 Å². The molecule has 0 radical (unpaired) electrons. The molecule has 5 heteroatoms. The van der Waals surface area contributed by atoms with Gasteiger partial charge in [0.05, 0.1) is 12.3 Å². The lowest BCUT2D eigenvalue weighted by Crippen LogP contribution is -2.28. The van der Waals surface area contributed by atoms with Crippen molar-refractivity contribution in [3.8, 4) is 0 Å². The summed E-state index contributed by atoms with van der Waals surface area (Å²) < 4.78 is 6.68. The summed E-state index contributed by atoms with van der Waals surface area (Å²) in [5.74, 6) is -0.127. The van der Waals surface area contributed by atoms with Gasteiger partial charge >= 0.3 is 0 Å². The Balaban J connectivity index is 2.28. The van der Waals surface area contributed by atoms with Crippen molar-refractivity contribution in [3.05, 3.63) is 35.8 Å². The summed E-state index contributed by atoms with van der Waals surface area (Å²) in [5, 5.41) is 2.79. The largest absolute Gasteiger partial charge is 0.383 e. The summed E-state index contributed by atoms with van der Waals surface area (Å²) in [6.45, 7) is 2.83. The quantitative estimate of drug-likeness (QED) is 0.802. The summed E-state index contributed by atoms with van der Waals surface area (Å²) in [6, 6.07) is 5.65. The third-order valence-electron chi connectivity index (χ3n) is 2.51. The van der Waals surface area contributed by atoms with Crippen LogP contribution in [-0.4, -0.2) is 35.6 Å². The van der Waals surface area contributed by atoms with Gasteiger partial charge in [-0.25, -0.2) is 4.98 Å². The molecule has 0 aromatic carbocycles. The number of hydrogen-bond acceptors (Lipinski definition) is 3. The van der Waals surface area contributed by atoms with Crippen molar-refractivity contribution in [1.82, 2.24) is 14.7 Å². The van der Waals surface area contributed by atoms with Gasteiger partial charge in [-0.15, -0.1) is 0 Å². The normalized spacial score (nSPS) is 10.7. The summed E-state index contributed by atoms with van der Waals surface area (Å²) >= 11 is 0. The van der Waals surface area contributed by atoms with Crippen LogP contribution in [0.1, 0.15) is 16.2 Å². The number of rotatable bonds is 4. The zero-order chi connectivity index (χ0) is 12.3. The first-order valence-corrected chi connectivity index (χ1v) is 5.45. The van der Waals surface area contributed by atoms with Gasteiger partial charge in [0, 0.05) is 19.9 Å². The molecule has 0 saturated heterocycles. The van der Waals surface area contributed by atoms with Crippen LogP contribution in [0, 0.1) is 6.92 Å². The average Bonchev–Trinajstić information content (AvgIpc) is 2.65. The van der Waals surface area contributed by atoms with Gasteiger partial charge in [0.25, 0.3) is 5.91 Å². The van der Waals surface area contributed by atoms with Crippen LogP contribution in [0.25, 0.3) is 5.65 Å². The molecule has 2 aromatic rings. The van der Waals surface area contributed by atoms with Gasteiger partial charge in [-0.2, -0.15) is 0 Å². The highest BCUT2D eigenvalue weighted by Gasteiger charge is 2.15. The van der Waals surface area contributed by atoms with Crippen LogP contribution < -0.4 is 5.32 Å². The molecule has 0 bridgehead atoms. The fourth-order valence-electron chi connectivity index (χ4n) is 1.74. The first-order valence-electron chi connectivity index (χ1n) is 5.45. The molecule has 0 atom stereocenters. The molecule has 17 heavy (non-hydrogen) atoms. The SMILES string of the molecule is COCCNC(=O)c1c(C)nc2ccccn12. The minimum absolute atomic E-state index is 0.127. The number of amides is 1. The number of ether oxygens (including phenoxy) is 1. The Kier molecular flexibility index (Phi) is 3.39. The fourth-order valence-corrected chi connectivity index (χ4v) is 1.74. The van der Waals surface area contributed by atoms with Crippen LogP contribution >= 0.6 is 0 Å². The molecule has 2 rings (SSSR count). The van der Waals surface area contributed by atoms with Crippen molar-refractivity contribution < 1.29 is 9.53 Å². The number of aryl methyl sites for hydroxylation is 1. The van der Waals surface area contributed by atoms with E-state index in [1.54, 1.807) is 11.5 Å². The Labute approximate surface area is 99.4 Å². The molecule has 0 spiro atoms. The number of methoxy groups -OCH3 is 1. The van der Waals surface area contributed by atoms with Gasteiger partial charge in [0.2, 0.25) is 0 Å². The number of nitrogens with zero attached hydrogens (tertiary/aromatic N) is 2. The monoisotopic (exact) mass is 233 g/mol. The number of imidazole rings is 1. The third kappa shape index (κ3) is 2.29. The Morgan fingerprint density at radius 3 is 3.12 bits per heavy atom. The van der Waals surface area contributed by atoms with Crippen LogP contribution in [0.2, 0.25) is 0 Å². The van der Waals surface area contributed by atoms with Crippen LogP contribution in [0.15, 0.2) is 24.4 Å². The molecule has 5 nitrogen and oxygen atoms in total. The Morgan fingerprint density at radius 2 is 2.35 bits per heavy atom. The van der Waals surface area contributed by atoms with Crippen molar-refractivity contribution in [2.24, 2.45) is 0 Å². The van der Waals surface area contributed by atoms with E-state index in [9.17, 15) is 4.79 Å². The zero-order valence-electron chi connectivity index (χ0n) is 9.93. The summed E-state index contributed by atoms with van der Waals surface area (Å²) in [5.41, 5.74) is 2.09. The molecule has 0 unspecified atom stereocenters. The number of carbonyl (C=O) groups is 1. The van der Waals surface area contributed by atoms with E-state index in [0.29, 0.717) is 18.8 Å². The minimum Gasteiger partial charge on any atom is -0.383 e. The van der Waals surface area contributed by atoms with Gasteiger partial charge in [0.1, 0.15) is 11.3 Å². The standard InChI is InChI=1S/C12H15N3O2/c1-9-11(12(16)13-6-8-17-2)15-7-4-3-5-10(15)14-9/h3-5,7H,6,8H2,1-2H3,(H,13,16). The molecule has 0 aliphatic carbocycles. The number of hydrogen-bond donors (Lipinski definition) is 1. The second-order valence-corrected chi connectivity index (χ2v) is 3.72. The first-order chi connectivity index (χ1) is 8.24. The predicted octanol–water partition coefficient (Wildman–Crippen LogP) is 1.02. The summed E-state index contributed by atoms with van der Waals surface area (Å²) in [7, 11) is 1.60. The highest BCUT2D eigenvalue weighted by atomic mass is 16.5. The highest BCUT2D eigenvalue weighted by molar-refractivity contribution is 5.94. The van der Waals surface area contributed by atoms with Crippen molar-refractivity contribution in [1.29, 1.82) is 0 Å². The lowest BCUT2D eigenvalue weighted by atomic mass is 10.3. The van der Waals surface area contributed by atoms with E-state index in [1.165, 1.54) is 0 Å². The van der Waals surface area contributed by atoms with E-state index in [1.807, 2.05) is 31.3 Å². The molecular formula is C12H15N3O2. The third-order valence-corrected chi connectivity index (χ3v) is 2.51. The van der Waals surface area contributed by atoms with Crippen LogP contribution in [0.5, 0.6) is 0 Å². The summed E-state index contributed by atoms with van der Waals surface area (Å²) in [6.07, 6.45) is 1.83. The van der Waals surface area contributed by atoms with E-state index in [2.05, 4.69) is 10.3 Å². The van der Waals surface area contributed by atoms with E-state index < -0.39 is 0 Å². The maximum absolute atomic E-state index is 12.0. The van der Waals surface area contributed by atoms with Crippen molar-refractivity contribution in [2.45, 2.75) is 6.92 Å². The second kappa shape index (κ2) is 4.97. The molecule has 90 valence electrons. The van der Waals surface area contributed by atoms with E-state index in [4.69, 9.17) is 4.74 Å². The number of fused-ring (bicyclic) bond motifs is 1. The molecule has 1 amide bonds. The van der Waals surface area contributed by atoms with Crippen LogP contribution in [-0.2, 0) is 4.74 Å². The molecule has 0 aliphatic rings. The smallest absolute Gasteiger partial charge is 0.270 e. The molecular weight excluding hydrogens is 218 g/mol. The van der Waals surface area contributed by atoms with Gasteiger partial charge in [-0.05, 0) is 19.1 Å². The Morgan fingerprint density at radius 1 is 1.53 bits per heavy atom. The van der Waals surface area contributed by atoms with Crippen molar-refractivity contribution in [3.63, 3.8) is 0 Å². The van der Waals surface area contributed by atoms with Crippen molar-refractivity contribution >= 4 is 11.6 Å². The van der Waals surface area contributed by atoms with Gasteiger partial charge in [-0.1, -0.05) is 6.07 Å². The lowest BCUT2D eigenvalue weighted by molar-refractivity contribution is 0.0930. The Bertz CT molecular complexity index is 534. The maximum atomic E-state index is 12.0. The zero-order valence-corrected chi connectivity index (χ0v) is 9.93. The van der Waals surface area contributed by atoms with Crippen LogP contribution in [0.4, 0.5) is 0 Å².